The highest BCUT2D eigenvalue weighted by molar-refractivity contribution is 5.25. The van der Waals surface area contributed by atoms with Crippen molar-refractivity contribution < 1.29 is 0 Å². The lowest BCUT2D eigenvalue weighted by molar-refractivity contribution is 0.407. The average molecular weight is 233 g/mol. The van der Waals surface area contributed by atoms with Crippen LogP contribution in [0.25, 0.3) is 0 Å². The third-order valence-electron chi connectivity index (χ3n) is 3.55. The van der Waals surface area contributed by atoms with Gasteiger partial charge in [-0.25, -0.2) is 0 Å². The molecule has 0 radical (unpaired) electrons. The summed E-state index contributed by atoms with van der Waals surface area (Å²) in [6.07, 6.45) is 2.58. The van der Waals surface area contributed by atoms with Crippen molar-refractivity contribution in [2.45, 2.75) is 46.5 Å². The Kier molecular flexibility index (Phi) is 6.28. The second kappa shape index (κ2) is 7.50. The van der Waals surface area contributed by atoms with E-state index < -0.39 is 0 Å². The molecule has 0 heterocycles. The molecular formula is C16H27N. The van der Waals surface area contributed by atoms with E-state index >= 15 is 0 Å². The first-order chi connectivity index (χ1) is 8.19. The topological polar surface area (TPSA) is 12.0 Å². The summed E-state index contributed by atoms with van der Waals surface area (Å²) in [5.41, 5.74) is 2.83. The molecule has 1 rings (SSSR count). The minimum absolute atomic E-state index is 0.649. The lowest BCUT2D eigenvalue weighted by atomic mass is 9.84. The van der Waals surface area contributed by atoms with E-state index in [0.29, 0.717) is 5.92 Å². The van der Waals surface area contributed by atoms with Gasteiger partial charge in [-0.15, -0.1) is 0 Å². The van der Waals surface area contributed by atoms with Crippen LogP contribution in [0.3, 0.4) is 0 Å². The van der Waals surface area contributed by atoms with Crippen LogP contribution in [-0.4, -0.2) is 13.1 Å². The molecule has 17 heavy (non-hydrogen) atoms. The molecule has 2 atom stereocenters. The van der Waals surface area contributed by atoms with Crippen molar-refractivity contribution in [1.29, 1.82) is 0 Å². The zero-order valence-corrected chi connectivity index (χ0v) is 11.8. The number of rotatable bonds is 7. The van der Waals surface area contributed by atoms with Crippen LogP contribution in [0.5, 0.6) is 0 Å². The molecule has 0 aliphatic heterocycles. The van der Waals surface area contributed by atoms with E-state index in [9.17, 15) is 0 Å². The molecule has 0 fully saturated rings. The first-order valence-electron chi connectivity index (χ1n) is 6.96. The van der Waals surface area contributed by atoms with Crippen molar-refractivity contribution in [1.82, 2.24) is 5.32 Å². The van der Waals surface area contributed by atoms with Crippen molar-refractivity contribution in [3.05, 3.63) is 35.4 Å². The molecule has 96 valence electrons. The van der Waals surface area contributed by atoms with Crippen LogP contribution in [0.4, 0.5) is 0 Å². The van der Waals surface area contributed by atoms with Gasteiger partial charge in [0.2, 0.25) is 0 Å². The molecule has 1 heteroatoms. The van der Waals surface area contributed by atoms with E-state index in [1.807, 2.05) is 0 Å². The van der Waals surface area contributed by atoms with E-state index in [2.05, 4.69) is 57.3 Å². The Morgan fingerprint density at radius 3 is 2.29 bits per heavy atom. The number of likely N-dealkylation sites (N-methyl/N-ethyl adjacent to an activating group) is 1. The number of aryl methyl sites for hydroxylation is 1. The summed E-state index contributed by atoms with van der Waals surface area (Å²) in [7, 11) is 0. The second-order valence-electron chi connectivity index (χ2n) is 5.09. The van der Waals surface area contributed by atoms with Crippen molar-refractivity contribution >= 4 is 0 Å². The summed E-state index contributed by atoms with van der Waals surface area (Å²) in [4.78, 5) is 0. The molecule has 1 nitrogen and oxygen atoms in total. The van der Waals surface area contributed by atoms with E-state index in [0.717, 1.165) is 19.0 Å². The van der Waals surface area contributed by atoms with Crippen LogP contribution in [0.2, 0.25) is 0 Å². The molecule has 0 spiro atoms. The molecule has 2 unspecified atom stereocenters. The Hall–Kier alpha value is -0.820. The Morgan fingerprint density at radius 1 is 1.12 bits per heavy atom. The third kappa shape index (κ3) is 4.51. The predicted molar refractivity (Wildman–Crippen MR) is 76.5 cm³/mol. The summed E-state index contributed by atoms with van der Waals surface area (Å²) < 4.78 is 0. The molecule has 1 aromatic carbocycles. The van der Waals surface area contributed by atoms with Crippen LogP contribution in [0, 0.1) is 12.8 Å². The summed E-state index contributed by atoms with van der Waals surface area (Å²) in [6.45, 7) is 11.1. The van der Waals surface area contributed by atoms with E-state index in [4.69, 9.17) is 0 Å². The molecule has 0 amide bonds. The van der Waals surface area contributed by atoms with Crippen molar-refractivity contribution in [2.75, 3.05) is 13.1 Å². The third-order valence-corrected chi connectivity index (χ3v) is 3.55. The maximum Gasteiger partial charge on any atom is 0.00226 e. The molecule has 0 aliphatic carbocycles. The number of nitrogens with one attached hydrogen (secondary N) is 1. The summed E-state index contributed by atoms with van der Waals surface area (Å²) in [6, 6.07) is 9.05. The van der Waals surface area contributed by atoms with Gasteiger partial charge in [-0.05, 0) is 30.9 Å². The average Bonchev–Trinajstić information content (AvgIpc) is 2.32. The molecule has 1 N–H and O–H groups in total. The smallest absolute Gasteiger partial charge is 0.00226 e. The molecule has 0 bridgehead atoms. The van der Waals surface area contributed by atoms with Crippen molar-refractivity contribution in [3.8, 4) is 0 Å². The van der Waals surface area contributed by atoms with Gasteiger partial charge in [-0.1, -0.05) is 63.4 Å². The minimum atomic E-state index is 0.649. The molecule has 0 saturated carbocycles. The van der Waals surface area contributed by atoms with E-state index in [-0.39, 0.29) is 0 Å². The lowest BCUT2D eigenvalue weighted by Gasteiger charge is -2.24. The molecule has 0 aromatic heterocycles. The highest BCUT2D eigenvalue weighted by atomic mass is 14.8. The number of benzene rings is 1. The van der Waals surface area contributed by atoms with Gasteiger partial charge in [0.05, 0.1) is 0 Å². The van der Waals surface area contributed by atoms with Crippen LogP contribution in [-0.2, 0) is 0 Å². The maximum absolute atomic E-state index is 3.50. The SMILES string of the molecule is CCCC(C)C(CNCC)c1ccc(C)cc1. The Morgan fingerprint density at radius 2 is 1.76 bits per heavy atom. The van der Waals surface area contributed by atoms with Gasteiger partial charge >= 0.3 is 0 Å². The molecule has 0 aliphatic rings. The van der Waals surface area contributed by atoms with Gasteiger partial charge in [-0.3, -0.25) is 0 Å². The highest BCUT2D eigenvalue weighted by Gasteiger charge is 2.17. The lowest BCUT2D eigenvalue weighted by Crippen LogP contribution is -2.25. The second-order valence-corrected chi connectivity index (χ2v) is 5.09. The molecular weight excluding hydrogens is 206 g/mol. The number of hydrogen-bond donors (Lipinski definition) is 1. The maximum atomic E-state index is 3.50. The van der Waals surface area contributed by atoms with Crippen molar-refractivity contribution in [2.24, 2.45) is 5.92 Å². The van der Waals surface area contributed by atoms with Gasteiger partial charge < -0.3 is 5.32 Å². The summed E-state index contributed by atoms with van der Waals surface area (Å²) in [5.74, 6) is 1.40. The number of hydrogen-bond acceptors (Lipinski definition) is 1. The fraction of sp³-hybridized carbons (Fsp3) is 0.625. The first-order valence-corrected chi connectivity index (χ1v) is 6.96. The van der Waals surface area contributed by atoms with Gasteiger partial charge in [-0.2, -0.15) is 0 Å². The van der Waals surface area contributed by atoms with Crippen LogP contribution in [0.15, 0.2) is 24.3 Å². The first kappa shape index (κ1) is 14.2. The normalized spacial score (nSPS) is 14.6. The van der Waals surface area contributed by atoms with Crippen LogP contribution < -0.4 is 5.32 Å². The zero-order chi connectivity index (χ0) is 12.7. The van der Waals surface area contributed by atoms with E-state index in [1.165, 1.54) is 24.0 Å². The Balaban J connectivity index is 2.77. The van der Waals surface area contributed by atoms with E-state index in [1.54, 1.807) is 0 Å². The van der Waals surface area contributed by atoms with Crippen LogP contribution in [0.1, 0.15) is 50.7 Å². The fourth-order valence-electron chi connectivity index (χ4n) is 2.42. The largest absolute Gasteiger partial charge is 0.316 e. The van der Waals surface area contributed by atoms with Gasteiger partial charge in [0.25, 0.3) is 0 Å². The zero-order valence-electron chi connectivity index (χ0n) is 11.8. The monoisotopic (exact) mass is 233 g/mol. The predicted octanol–water partition coefficient (Wildman–Crippen LogP) is 4.12. The quantitative estimate of drug-likeness (QED) is 0.747. The van der Waals surface area contributed by atoms with Gasteiger partial charge in [0, 0.05) is 6.54 Å². The highest BCUT2D eigenvalue weighted by Crippen LogP contribution is 2.27. The van der Waals surface area contributed by atoms with Gasteiger partial charge in [0.15, 0.2) is 0 Å². The molecule has 1 aromatic rings. The molecule has 0 saturated heterocycles. The Labute approximate surface area is 107 Å². The fourth-order valence-corrected chi connectivity index (χ4v) is 2.42. The van der Waals surface area contributed by atoms with Gasteiger partial charge in [0.1, 0.15) is 0 Å². The summed E-state index contributed by atoms with van der Waals surface area (Å²) >= 11 is 0. The Bertz CT molecular complexity index is 302. The van der Waals surface area contributed by atoms with Crippen molar-refractivity contribution in [3.63, 3.8) is 0 Å². The van der Waals surface area contributed by atoms with Crippen LogP contribution >= 0.6 is 0 Å². The standard InChI is InChI=1S/C16H27N/c1-5-7-14(4)16(12-17-6-2)15-10-8-13(3)9-11-15/h8-11,14,16-17H,5-7,12H2,1-4H3. The minimum Gasteiger partial charge on any atom is -0.316 e. The summed E-state index contributed by atoms with van der Waals surface area (Å²) in [5, 5.41) is 3.50.